The number of halogens is 1. The van der Waals surface area contributed by atoms with Gasteiger partial charge in [-0.25, -0.2) is 4.39 Å². The van der Waals surface area contributed by atoms with Crippen LogP contribution in [-0.4, -0.2) is 38.6 Å². The van der Waals surface area contributed by atoms with Gasteiger partial charge in [-0.15, -0.1) is 0 Å². The number of likely N-dealkylation sites (tertiary alicyclic amines) is 1. The summed E-state index contributed by atoms with van der Waals surface area (Å²) in [5, 5.41) is 11.3. The number of benzene rings is 2. The summed E-state index contributed by atoms with van der Waals surface area (Å²) in [6, 6.07) is 15.5. The van der Waals surface area contributed by atoms with Crippen molar-refractivity contribution in [3.05, 3.63) is 93.3 Å². The monoisotopic (exact) mass is 463 g/mol. The Labute approximate surface area is 198 Å². The van der Waals surface area contributed by atoms with Crippen LogP contribution in [0, 0.1) is 5.82 Å². The highest BCUT2D eigenvalue weighted by molar-refractivity contribution is 5.96. The minimum atomic E-state index is -0.709. The van der Waals surface area contributed by atoms with Crippen molar-refractivity contribution >= 4 is 5.91 Å². The molecular weight excluding hydrogens is 433 g/mol. The van der Waals surface area contributed by atoms with Gasteiger partial charge in [0.05, 0.1) is 6.04 Å². The van der Waals surface area contributed by atoms with Crippen molar-refractivity contribution in [2.24, 2.45) is 0 Å². The van der Waals surface area contributed by atoms with Crippen molar-refractivity contribution in [3.8, 4) is 5.88 Å². The summed E-state index contributed by atoms with van der Waals surface area (Å²) in [6.45, 7) is 4.85. The third kappa shape index (κ3) is 4.74. The van der Waals surface area contributed by atoms with Crippen LogP contribution in [0.5, 0.6) is 5.88 Å². The molecule has 6 nitrogen and oxygen atoms in total. The van der Waals surface area contributed by atoms with Gasteiger partial charge in [-0.2, -0.15) is 4.98 Å². The zero-order valence-electron chi connectivity index (χ0n) is 19.6. The van der Waals surface area contributed by atoms with Crippen LogP contribution in [0.3, 0.4) is 0 Å². The first-order valence-corrected chi connectivity index (χ1v) is 11.8. The first-order chi connectivity index (χ1) is 16.4. The van der Waals surface area contributed by atoms with Gasteiger partial charge in [0.1, 0.15) is 11.6 Å². The molecule has 2 heterocycles. The quantitative estimate of drug-likeness (QED) is 0.553. The van der Waals surface area contributed by atoms with E-state index in [-0.39, 0.29) is 23.2 Å². The normalized spacial score (nSPS) is 16.6. The fourth-order valence-electron chi connectivity index (χ4n) is 4.66. The summed E-state index contributed by atoms with van der Waals surface area (Å²) >= 11 is 0. The van der Waals surface area contributed by atoms with E-state index in [9.17, 15) is 19.1 Å². The number of aryl methyl sites for hydroxylation is 1. The lowest BCUT2D eigenvalue weighted by atomic mass is 9.99. The Morgan fingerprint density at radius 1 is 1.18 bits per heavy atom. The molecular formula is C27H30FN3O3. The highest BCUT2D eigenvalue weighted by atomic mass is 19.1. The van der Waals surface area contributed by atoms with E-state index in [1.165, 1.54) is 12.1 Å². The standard InChI is InChI=1S/C27H30FN3O3/c1-3-4-10-23-29-25(32)24(27(34)31(23)18(2)19-11-13-22(28)14-12-19)26(33)30-16-15-21(17-30)20-8-6-5-7-9-20/h5-9,11-14,18,21,34H,3-4,10,15-17H2,1-2H3/t18-,21+/m0/s1. The van der Waals surface area contributed by atoms with Crippen LogP contribution in [0.1, 0.15) is 72.4 Å². The summed E-state index contributed by atoms with van der Waals surface area (Å²) < 4.78 is 15.0. The van der Waals surface area contributed by atoms with Crippen LogP contribution in [-0.2, 0) is 6.42 Å². The predicted octanol–water partition coefficient (Wildman–Crippen LogP) is 4.67. The molecule has 178 valence electrons. The van der Waals surface area contributed by atoms with Gasteiger partial charge in [0.25, 0.3) is 11.5 Å². The molecule has 2 aromatic carbocycles. The fourth-order valence-corrected chi connectivity index (χ4v) is 4.66. The molecule has 0 bridgehead atoms. The Hall–Kier alpha value is -3.48. The van der Waals surface area contributed by atoms with Crippen LogP contribution < -0.4 is 5.56 Å². The molecule has 0 radical (unpaired) electrons. The number of rotatable bonds is 7. The summed E-state index contributed by atoms with van der Waals surface area (Å²) in [4.78, 5) is 32.2. The molecule has 1 fully saturated rings. The van der Waals surface area contributed by atoms with Gasteiger partial charge in [0, 0.05) is 25.4 Å². The van der Waals surface area contributed by atoms with Crippen molar-refractivity contribution < 1.29 is 14.3 Å². The van der Waals surface area contributed by atoms with Crippen molar-refractivity contribution in [2.75, 3.05) is 13.1 Å². The second kappa shape index (κ2) is 10.2. The van der Waals surface area contributed by atoms with E-state index in [1.807, 2.05) is 44.2 Å². The molecule has 2 atom stereocenters. The van der Waals surface area contributed by atoms with Crippen molar-refractivity contribution in [1.82, 2.24) is 14.5 Å². The molecule has 7 heteroatoms. The molecule has 0 spiro atoms. The maximum absolute atomic E-state index is 13.5. The van der Waals surface area contributed by atoms with Gasteiger partial charge in [0.15, 0.2) is 5.56 Å². The molecule has 3 aromatic rings. The molecule has 1 aliphatic rings. The van der Waals surface area contributed by atoms with E-state index in [2.05, 4.69) is 4.98 Å². The number of hydrogen-bond acceptors (Lipinski definition) is 4. The van der Waals surface area contributed by atoms with Gasteiger partial charge < -0.3 is 10.0 Å². The Morgan fingerprint density at radius 3 is 2.56 bits per heavy atom. The number of aromatic nitrogens is 2. The zero-order valence-corrected chi connectivity index (χ0v) is 19.6. The van der Waals surface area contributed by atoms with Gasteiger partial charge in [-0.1, -0.05) is 55.8 Å². The topological polar surface area (TPSA) is 75.4 Å². The number of carbonyl (C=O) groups is 1. The maximum atomic E-state index is 13.5. The van der Waals surface area contributed by atoms with Crippen LogP contribution >= 0.6 is 0 Å². The third-order valence-corrected chi connectivity index (χ3v) is 6.63. The van der Waals surface area contributed by atoms with Gasteiger partial charge in [0.2, 0.25) is 5.88 Å². The van der Waals surface area contributed by atoms with E-state index in [0.29, 0.717) is 25.3 Å². The Morgan fingerprint density at radius 2 is 1.88 bits per heavy atom. The first kappa shape index (κ1) is 23.7. The minimum absolute atomic E-state index is 0.185. The molecule has 1 aromatic heterocycles. The summed E-state index contributed by atoms with van der Waals surface area (Å²) in [5.41, 5.74) is 0.878. The summed E-state index contributed by atoms with van der Waals surface area (Å²) in [7, 11) is 0. The van der Waals surface area contributed by atoms with E-state index in [4.69, 9.17) is 0 Å². The molecule has 1 amide bonds. The number of amides is 1. The van der Waals surface area contributed by atoms with Crippen LogP contribution in [0.15, 0.2) is 59.4 Å². The molecule has 0 aliphatic carbocycles. The first-order valence-electron chi connectivity index (χ1n) is 11.8. The number of unbranched alkanes of at least 4 members (excludes halogenated alkanes) is 1. The van der Waals surface area contributed by atoms with Crippen molar-refractivity contribution in [3.63, 3.8) is 0 Å². The molecule has 34 heavy (non-hydrogen) atoms. The molecule has 1 aliphatic heterocycles. The highest BCUT2D eigenvalue weighted by Crippen LogP contribution is 2.31. The fraction of sp³-hybridized carbons (Fsp3) is 0.370. The van der Waals surface area contributed by atoms with Crippen molar-refractivity contribution in [1.29, 1.82) is 0 Å². The van der Waals surface area contributed by atoms with Crippen LogP contribution in [0.4, 0.5) is 4.39 Å². The number of hydrogen-bond donors (Lipinski definition) is 1. The largest absolute Gasteiger partial charge is 0.494 e. The Kier molecular flexibility index (Phi) is 7.10. The Balaban J connectivity index is 1.70. The molecule has 0 saturated carbocycles. The smallest absolute Gasteiger partial charge is 0.289 e. The van der Waals surface area contributed by atoms with Gasteiger partial charge in [-0.3, -0.25) is 14.2 Å². The summed E-state index contributed by atoms with van der Waals surface area (Å²) in [6.07, 6.45) is 2.94. The number of nitrogens with zero attached hydrogens (tertiary/aromatic N) is 3. The Bertz CT molecular complexity index is 1210. The van der Waals surface area contributed by atoms with Gasteiger partial charge >= 0.3 is 0 Å². The number of carbonyl (C=O) groups excluding carboxylic acids is 1. The second-order valence-electron chi connectivity index (χ2n) is 8.88. The maximum Gasteiger partial charge on any atom is 0.289 e. The molecule has 0 unspecified atom stereocenters. The van der Waals surface area contributed by atoms with Crippen LogP contribution in [0.2, 0.25) is 0 Å². The van der Waals surface area contributed by atoms with E-state index in [1.54, 1.807) is 21.6 Å². The SMILES string of the molecule is CCCCc1nc(=O)c(C(=O)N2CC[C@@H](c3ccccc3)C2)c(O)n1[C@@H](C)c1ccc(F)cc1. The van der Waals surface area contributed by atoms with E-state index in [0.717, 1.165) is 30.4 Å². The lowest BCUT2D eigenvalue weighted by Crippen LogP contribution is -2.35. The average Bonchev–Trinajstić information content (AvgIpc) is 3.33. The summed E-state index contributed by atoms with van der Waals surface area (Å²) in [5.74, 6) is -0.639. The van der Waals surface area contributed by atoms with E-state index >= 15 is 0 Å². The minimum Gasteiger partial charge on any atom is -0.494 e. The van der Waals surface area contributed by atoms with Crippen LogP contribution in [0.25, 0.3) is 0 Å². The third-order valence-electron chi connectivity index (χ3n) is 6.63. The predicted molar refractivity (Wildman–Crippen MR) is 129 cm³/mol. The average molecular weight is 464 g/mol. The molecule has 1 saturated heterocycles. The highest BCUT2D eigenvalue weighted by Gasteiger charge is 2.33. The lowest BCUT2D eigenvalue weighted by molar-refractivity contribution is 0.0783. The molecule has 1 N–H and O–H groups in total. The van der Waals surface area contributed by atoms with Crippen molar-refractivity contribution in [2.45, 2.75) is 51.5 Å². The number of aromatic hydroxyl groups is 1. The zero-order chi connectivity index (χ0) is 24.2. The molecule has 4 rings (SSSR count). The second-order valence-corrected chi connectivity index (χ2v) is 8.88. The lowest BCUT2D eigenvalue weighted by Gasteiger charge is -2.24. The van der Waals surface area contributed by atoms with Gasteiger partial charge in [-0.05, 0) is 43.0 Å². The van der Waals surface area contributed by atoms with E-state index < -0.39 is 17.5 Å².